The van der Waals surface area contributed by atoms with Crippen molar-refractivity contribution in [3.8, 4) is 0 Å². The maximum absolute atomic E-state index is 11.4. The quantitative estimate of drug-likeness (QED) is 0.821. The first kappa shape index (κ1) is 14.5. The van der Waals surface area contributed by atoms with E-state index in [1.807, 2.05) is 29.6 Å². The average Bonchev–Trinajstić information content (AvgIpc) is 2.86. The molecule has 0 aliphatic heterocycles. The lowest BCUT2D eigenvalue weighted by Gasteiger charge is -2.11. The molecule has 6 heteroatoms. The highest BCUT2D eigenvalue weighted by Crippen LogP contribution is 2.29. The smallest absolute Gasteiger partial charge is 0.303 e. The predicted molar refractivity (Wildman–Crippen MR) is 76.4 cm³/mol. The summed E-state index contributed by atoms with van der Waals surface area (Å²) in [5.74, 6) is -0.941. The number of nitrogens with one attached hydrogen (secondary N) is 1. The van der Waals surface area contributed by atoms with Gasteiger partial charge in [-0.25, -0.2) is 0 Å². The lowest BCUT2D eigenvalue weighted by atomic mass is 10.1. The summed E-state index contributed by atoms with van der Waals surface area (Å²) in [4.78, 5) is 22.0. The fourth-order valence-electron chi connectivity index (χ4n) is 1.80. The number of benzene rings is 1. The van der Waals surface area contributed by atoms with Crippen molar-refractivity contribution in [1.29, 1.82) is 0 Å². The summed E-state index contributed by atoms with van der Waals surface area (Å²) in [7, 11) is 0. The van der Waals surface area contributed by atoms with Gasteiger partial charge in [0.15, 0.2) is 6.61 Å². The van der Waals surface area contributed by atoms with E-state index < -0.39 is 18.0 Å². The molecule has 0 saturated heterocycles. The first-order valence-corrected chi connectivity index (χ1v) is 7.00. The van der Waals surface area contributed by atoms with Crippen molar-refractivity contribution in [3.63, 3.8) is 0 Å². The maximum atomic E-state index is 11.4. The molecule has 5 nitrogen and oxygen atoms in total. The molecule has 106 valence electrons. The highest BCUT2D eigenvalue weighted by Gasteiger charge is 2.14. The SMILES string of the molecule is CC(=O)OCC(=O)NCC(O)c1csc2ccccc12. The second-order valence-electron chi connectivity index (χ2n) is 4.29. The number of carbonyl (C=O) groups excluding carboxylic acids is 2. The second-order valence-corrected chi connectivity index (χ2v) is 5.20. The van der Waals surface area contributed by atoms with Crippen LogP contribution in [-0.2, 0) is 14.3 Å². The lowest BCUT2D eigenvalue weighted by molar-refractivity contribution is -0.146. The van der Waals surface area contributed by atoms with Gasteiger partial charge in [-0.1, -0.05) is 18.2 Å². The first-order chi connectivity index (χ1) is 9.58. The normalized spacial score (nSPS) is 12.1. The van der Waals surface area contributed by atoms with Crippen molar-refractivity contribution >= 4 is 33.3 Å². The standard InChI is InChI=1S/C14H15NO4S/c1-9(16)19-7-14(18)15-6-12(17)11-8-20-13-5-3-2-4-10(11)13/h2-5,8,12,17H,6-7H2,1H3,(H,15,18). The minimum Gasteiger partial charge on any atom is -0.456 e. The Hall–Kier alpha value is -1.92. The Morgan fingerprint density at radius 1 is 1.40 bits per heavy atom. The van der Waals surface area contributed by atoms with Crippen LogP contribution in [0.5, 0.6) is 0 Å². The summed E-state index contributed by atoms with van der Waals surface area (Å²) >= 11 is 1.55. The molecule has 1 amide bonds. The van der Waals surface area contributed by atoms with Gasteiger partial charge in [0.2, 0.25) is 0 Å². The molecule has 2 aromatic rings. The molecule has 0 radical (unpaired) electrons. The van der Waals surface area contributed by atoms with Crippen molar-refractivity contribution in [1.82, 2.24) is 5.32 Å². The number of fused-ring (bicyclic) bond motifs is 1. The van der Waals surface area contributed by atoms with Crippen LogP contribution in [0.15, 0.2) is 29.6 Å². The van der Waals surface area contributed by atoms with Crippen molar-refractivity contribution in [2.45, 2.75) is 13.0 Å². The van der Waals surface area contributed by atoms with Crippen LogP contribution in [0, 0.1) is 0 Å². The topological polar surface area (TPSA) is 75.6 Å². The number of carbonyl (C=O) groups is 2. The molecule has 1 aromatic carbocycles. The van der Waals surface area contributed by atoms with Crippen LogP contribution in [0.4, 0.5) is 0 Å². The summed E-state index contributed by atoms with van der Waals surface area (Å²) in [6, 6.07) is 7.76. The van der Waals surface area contributed by atoms with E-state index in [4.69, 9.17) is 0 Å². The van der Waals surface area contributed by atoms with Gasteiger partial charge in [-0.2, -0.15) is 0 Å². The molecule has 0 aliphatic carbocycles. The van der Waals surface area contributed by atoms with Crippen molar-refractivity contribution in [2.24, 2.45) is 0 Å². The predicted octanol–water partition coefficient (Wildman–Crippen LogP) is 1.61. The van der Waals surface area contributed by atoms with Crippen LogP contribution < -0.4 is 5.32 Å². The molecule has 2 N–H and O–H groups in total. The van der Waals surface area contributed by atoms with E-state index in [0.717, 1.165) is 15.6 Å². The third kappa shape index (κ3) is 3.55. The number of rotatable bonds is 5. The first-order valence-electron chi connectivity index (χ1n) is 6.12. The maximum Gasteiger partial charge on any atom is 0.303 e. The van der Waals surface area contributed by atoms with Gasteiger partial charge < -0.3 is 15.2 Å². The zero-order chi connectivity index (χ0) is 14.5. The summed E-state index contributed by atoms with van der Waals surface area (Å²) < 4.78 is 5.66. The van der Waals surface area contributed by atoms with E-state index in [2.05, 4.69) is 10.1 Å². The van der Waals surface area contributed by atoms with Crippen LogP contribution in [-0.4, -0.2) is 30.1 Å². The van der Waals surface area contributed by atoms with Gasteiger partial charge in [0.05, 0.1) is 6.10 Å². The van der Waals surface area contributed by atoms with Crippen LogP contribution >= 0.6 is 11.3 Å². The average molecular weight is 293 g/mol. The number of amides is 1. The second kappa shape index (κ2) is 6.49. The molecule has 1 heterocycles. The molecular formula is C14H15NO4S. The Balaban J connectivity index is 1.93. The van der Waals surface area contributed by atoms with E-state index in [1.165, 1.54) is 6.92 Å². The summed E-state index contributed by atoms with van der Waals surface area (Å²) in [5, 5.41) is 15.5. The van der Waals surface area contributed by atoms with Gasteiger partial charge in [-0.05, 0) is 16.8 Å². The Bertz CT molecular complexity index is 622. The van der Waals surface area contributed by atoms with Crippen molar-refractivity contribution in [2.75, 3.05) is 13.2 Å². The lowest BCUT2D eigenvalue weighted by Crippen LogP contribution is -2.32. The fraction of sp³-hybridized carbons (Fsp3) is 0.286. The number of aliphatic hydroxyl groups is 1. The zero-order valence-corrected chi connectivity index (χ0v) is 11.8. The summed E-state index contributed by atoms with van der Waals surface area (Å²) in [5.41, 5.74) is 0.790. The molecule has 2 rings (SSSR count). The number of esters is 1. The number of hydrogen-bond acceptors (Lipinski definition) is 5. The summed E-state index contributed by atoms with van der Waals surface area (Å²) in [6.07, 6.45) is -0.785. The van der Waals surface area contributed by atoms with Gasteiger partial charge in [0, 0.05) is 23.7 Å². The Morgan fingerprint density at radius 2 is 2.15 bits per heavy atom. The van der Waals surface area contributed by atoms with Gasteiger partial charge in [-0.3, -0.25) is 9.59 Å². The van der Waals surface area contributed by atoms with Gasteiger partial charge in [-0.15, -0.1) is 11.3 Å². The largest absolute Gasteiger partial charge is 0.456 e. The molecular weight excluding hydrogens is 278 g/mol. The molecule has 0 aliphatic rings. The molecule has 0 saturated carbocycles. The van der Waals surface area contributed by atoms with Gasteiger partial charge in [0.1, 0.15) is 0 Å². The van der Waals surface area contributed by atoms with Crippen LogP contribution in [0.3, 0.4) is 0 Å². The molecule has 0 bridgehead atoms. The zero-order valence-electron chi connectivity index (χ0n) is 11.0. The van der Waals surface area contributed by atoms with Gasteiger partial charge >= 0.3 is 5.97 Å². The Morgan fingerprint density at radius 3 is 2.90 bits per heavy atom. The molecule has 0 spiro atoms. The molecule has 1 aromatic heterocycles. The monoisotopic (exact) mass is 293 g/mol. The van der Waals surface area contributed by atoms with E-state index in [1.54, 1.807) is 11.3 Å². The molecule has 1 unspecified atom stereocenters. The molecule has 1 atom stereocenters. The van der Waals surface area contributed by atoms with Crippen LogP contribution in [0.2, 0.25) is 0 Å². The van der Waals surface area contributed by atoms with Gasteiger partial charge in [0.25, 0.3) is 5.91 Å². The fourth-order valence-corrected chi connectivity index (χ4v) is 2.80. The molecule has 0 fully saturated rings. The molecule has 20 heavy (non-hydrogen) atoms. The third-order valence-electron chi connectivity index (χ3n) is 2.77. The van der Waals surface area contributed by atoms with Crippen molar-refractivity contribution < 1.29 is 19.4 Å². The third-order valence-corrected chi connectivity index (χ3v) is 3.75. The highest BCUT2D eigenvalue weighted by atomic mass is 32.1. The number of thiophene rings is 1. The Kier molecular flexibility index (Phi) is 4.70. The summed E-state index contributed by atoms with van der Waals surface area (Å²) in [6.45, 7) is 0.993. The Labute approximate surface area is 120 Å². The highest BCUT2D eigenvalue weighted by molar-refractivity contribution is 7.17. The van der Waals surface area contributed by atoms with E-state index >= 15 is 0 Å². The van der Waals surface area contributed by atoms with E-state index in [-0.39, 0.29) is 13.2 Å². The number of hydrogen-bond donors (Lipinski definition) is 2. The van der Waals surface area contributed by atoms with Crippen molar-refractivity contribution in [3.05, 3.63) is 35.2 Å². The van der Waals surface area contributed by atoms with E-state index in [9.17, 15) is 14.7 Å². The van der Waals surface area contributed by atoms with Crippen LogP contribution in [0.1, 0.15) is 18.6 Å². The minimum absolute atomic E-state index is 0.0842. The van der Waals surface area contributed by atoms with E-state index in [0.29, 0.717) is 0 Å². The number of ether oxygens (including phenoxy) is 1. The minimum atomic E-state index is -0.785. The number of aliphatic hydroxyl groups excluding tert-OH is 1. The van der Waals surface area contributed by atoms with Crippen LogP contribution in [0.25, 0.3) is 10.1 Å².